The van der Waals surface area contributed by atoms with E-state index < -0.39 is 6.04 Å². The normalized spacial score (nSPS) is 17.7. The minimum absolute atomic E-state index is 0.166. The summed E-state index contributed by atoms with van der Waals surface area (Å²) in [4.78, 5) is 25.1. The Morgan fingerprint density at radius 3 is 2.73 bits per heavy atom. The maximum atomic E-state index is 12.7. The number of hydrogen-bond acceptors (Lipinski definition) is 4. The minimum Gasteiger partial charge on any atom is -0.494 e. The number of halogens is 1. The van der Waals surface area contributed by atoms with Gasteiger partial charge in [-0.2, -0.15) is 11.8 Å². The van der Waals surface area contributed by atoms with E-state index in [0.717, 1.165) is 5.75 Å². The summed E-state index contributed by atoms with van der Waals surface area (Å²) in [5, 5.41) is 2.69. The van der Waals surface area contributed by atoms with Crippen LogP contribution < -0.4 is 10.1 Å². The molecule has 1 heterocycles. The lowest BCUT2D eigenvalue weighted by Crippen LogP contribution is -2.33. The second-order valence-corrected chi connectivity index (χ2v) is 5.91. The molecule has 2 rings (SSSR count). The van der Waals surface area contributed by atoms with Crippen LogP contribution in [0.25, 0.3) is 0 Å². The zero-order valence-electron chi connectivity index (χ0n) is 12.4. The van der Waals surface area contributed by atoms with E-state index in [-0.39, 0.29) is 17.8 Å². The Morgan fingerprint density at radius 1 is 1.32 bits per heavy atom. The summed E-state index contributed by atoms with van der Waals surface area (Å²) in [6.45, 7) is 0.680. The number of imide groups is 1. The molecule has 1 N–H and O–H groups in total. The van der Waals surface area contributed by atoms with Gasteiger partial charge in [0.2, 0.25) is 0 Å². The molecule has 1 aliphatic heterocycles. The van der Waals surface area contributed by atoms with Crippen molar-refractivity contribution in [2.75, 3.05) is 25.2 Å². The molecule has 0 bridgehead atoms. The van der Waals surface area contributed by atoms with E-state index in [1.165, 1.54) is 17.0 Å². The quantitative estimate of drug-likeness (QED) is 0.588. The molecular weight excluding hydrogens is 307 g/mol. The zero-order chi connectivity index (χ0) is 15.9. The first-order chi connectivity index (χ1) is 10.6. The molecule has 5 nitrogen and oxygen atoms in total. The summed E-state index contributed by atoms with van der Waals surface area (Å²) in [5.74, 6) is 0.915. The maximum Gasteiger partial charge on any atom is 0.324 e. The van der Waals surface area contributed by atoms with Crippen molar-refractivity contribution in [2.45, 2.75) is 18.9 Å². The first kappa shape index (κ1) is 16.6. The number of thioether (sulfide) groups is 1. The van der Waals surface area contributed by atoms with Gasteiger partial charge in [-0.15, -0.1) is 0 Å². The second-order valence-electron chi connectivity index (χ2n) is 4.93. The van der Waals surface area contributed by atoms with Gasteiger partial charge in [0.25, 0.3) is 5.91 Å². The Labute approximate surface area is 133 Å². The van der Waals surface area contributed by atoms with Gasteiger partial charge in [-0.1, -0.05) is 0 Å². The van der Waals surface area contributed by atoms with E-state index in [0.29, 0.717) is 31.7 Å². The third-order valence-corrected chi connectivity index (χ3v) is 3.97. The fourth-order valence-electron chi connectivity index (χ4n) is 2.16. The van der Waals surface area contributed by atoms with Crippen LogP contribution in [0.4, 0.5) is 9.18 Å². The van der Waals surface area contributed by atoms with Gasteiger partial charge in [0.1, 0.15) is 17.6 Å². The van der Waals surface area contributed by atoms with E-state index in [9.17, 15) is 14.0 Å². The molecule has 0 aliphatic carbocycles. The van der Waals surface area contributed by atoms with Gasteiger partial charge < -0.3 is 10.1 Å². The highest BCUT2D eigenvalue weighted by Crippen LogP contribution is 2.14. The van der Waals surface area contributed by atoms with Crippen molar-refractivity contribution >= 4 is 23.7 Å². The lowest BCUT2D eigenvalue weighted by atomic mass is 10.2. The molecule has 1 aromatic carbocycles. The van der Waals surface area contributed by atoms with Crippen molar-refractivity contribution in [3.63, 3.8) is 0 Å². The van der Waals surface area contributed by atoms with Crippen LogP contribution in [0.15, 0.2) is 24.3 Å². The van der Waals surface area contributed by atoms with Crippen molar-refractivity contribution in [3.05, 3.63) is 30.1 Å². The predicted molar refractivity (Wildman–Crippen MR) is 83.5 cm³/mol. The molecule has 1 aromatic rings. The Balaban J connectivity index is 1.73. The van der Waals surface area contributed by atoms with E-state index in [1.54, 1.807) is 23.9 Å². The SMILES string of the molecule is CSCCC1NC(=O)N(CCCOc2ccc(F)cc2)C1=O. The fourth-order valence-corrected chi connectivity index (χ4v) is 2.63. The highest BCUT2D eigenvalue weighted by Gasteiger charge is 2.36. The number of nitrogens with one attached hydrogen (secondary N) is 1. The summed E-state index contributed by atoms with van der Waals surface area (Å²) in [6.07, 6.45) is 3.14. The molecule has 1 atom stereocenters. The van der Waals surface area contributed by atoms with Gasteiger partial charge >= 0.3 is 6.03 Å². The Kier molecular flexibility index (Phi) is 6.06. The Hall–Kier alpha value is -1.76. The van der Waals surface area contributed by atoms with Crippen LogP contribution in [0.2, 0.25) is 0 Å². The van der Waals surface area contributed by atoms with Gasteiger partial charge in [0, 0.05) is 6.54 Å². The first-order valence-corrected chi connectivity index (χ1v) is 8.50. The van der Waals surface area contributed by atoms with Crippen LogP contribution in [-0.2, 0) is 4.79 Å². The fraction of sp³-hybridized carbons (Fsp3) is 0.467. The summed E-state index contributed by atoms with van der Waals surface area (Å²) >= 11 is 1.64. The summed E-state index contributed by atoms with van der Waals surface area (Å²) in [7, 11) is 0. The van der Waals surface area contributed by atoms with Crippen molar-refractivity contribution in [3.8, 4) is 5.75 Å². The van der Waals surface area contributed by atoms with Gasteiger partial charge in [-0.25, -0.2) is 9.18 Å². The van der Waals surface area contributed by atoms with Crippen molar-refractivity contribution < 1.29 is 18.7 Å². The van der Waals surface area contributed by atoms with Crippen LogP contribution in [-0.4, -0.2) is 48.0 Å². The standard InChI is InChI=1S/C15H19FN2O3S/c1-22-10-7-13-14(19)18(15(20)17-13)8-2-9-21-12-5-3-11(16)4-6-12/h3-6,13H,2,7-10H2,1H3,(H,17,20). The lowest BCUT2D eigenvalue weighted by Gasteiger charge is -2.13. The first-order valence-electron chi connectivity index (χ1n) is 7.11. The van der Waals surface area contributed by atoms with Crippen LogP contribution in [0.1, 0.15) is 12.8 Å². The minimum atomic E-state index is -0.405. The molecule has 0 saturated carbocycles. The Morgan fingerprint density at radius 2 is 2.05 bits per heavy atom. The number of benzene rings is 1. The van der Waals surface area contributed by atoms with Gasteiger partial charge in [0.05, 0.1) is 6.61 Å². The van der Waals surface area contributed by atoms with Crippen LogP contribution in [0.3, 0.4) is 0 Å². The molecule has 1 unspecified atom stereocenters. The number of nitrogens with zero attached hydrogens (tertiary/aromatic N) is 1. The Bertz CT molecular complexity index is 524. The molecule has 1 fully saturated rings. The van der Waals surface area contributed by atoms with Crippen molar-refractivity contribution in [1.29, 1.82) is 0 Å². The van der Waals surface area contributed by atoms with E-state index in [4.69, 9.17) is 4.74 Å². The smallest absolute Gasteiger partial charge is 0.324 e. The lowest BCUT2D eigenvalue weighted by molar-refractivity contribution is -0.127. The largest absolute Gasteiger partial charge is 0.494 e. The van der Waals surface area contributed by atoms with Gasteiger partial charge in [-0.05, 0) is 49.1 Å². The molecule has 22 heavy (non-hydrogen) atoms. The number of amides is 3. The molecule has 7 heteroatoms. The highest BCUT2D eigenvalue weighted by molar-refractivity contribution is 7.98. The third kappa shape index (κ3) is 4.37. The molecule has 1 saturated heterocycles. The monoisotopic (exact) mass is 326 g/mol. The van der Waals surface area contributed by atoms with Gasteiger partial charge in [-0.3, -0.25) is 9.69 Å². The summed E-state index contributed by atoms with van der Waals surface area (Å²) in [6, 6.07) is 4.99. The molecule has 1 aliphatic rings. The van der Waals surface area contributed by atoms with Crippen LogP contribution in [0.5, 0.6) is 5.75 Å². The van der Waals surface area contributed by atoms with Crippen molar-refractivity contribution in [2.24, 2.45) is 0 Å². The van der Waals surface area contributed by atoms with Gasteiger partial charge in [0.15, 0.2) is 0 Å². The molecular formula is C15H19FN2O3S. The number of ether oxygens (including phenoxy) is 1. The molecule has 0 aromatic heterocycles. The van der Waals surface area contributed by atoms with Crippen LogP contribution >= 0.6 is 11.8 Å². The maximum absolute atomic E-state index is 12.7. The number of urea groups is 1. The van der Waals surface area contributed by atoms with E-state index in [2.05, 4.69) is 5.32 Å². The summed E-state index contributed by atoms with van der Waals surface area (Å²) in [5.41, 5.74) is 0. The third-order valence-electron chi connectivity index (χ3n) is 3.33. The van der Waals surface area contributed by atoms with E-state index in [1.807, 2.05) is 6.26 Å². The van der Waals surface area contributed by atoms with E-state index >= 15 is 0 Å². The number of hydrogen-bond donors (Lipinski definition) is 1. The number of carbonyl (C=O) groups excluding carboxylic acids is 2. The predicted octanol–water partition coefficient (Wildman–Crippen LogP) is 2.27. The highest BCUT2D eigenvalue weighted by atomic mass is 32.2. The average molecular weight is 326 g/mol. The molecule has 3 amide bonds. The second kappa shape index (κ2) is 8.03. The number of carbonyl (C=O) groups is 2. The van der Waals surface area contributed by atoms with Crippen molar-refractivity contribution in [1.82, 2.24) is 10.2 Å². The molecule has 120 valence electrons. The zero-order valence-corrected chi connectivity index (χ0v) is 13.2. The topological polar surface area (TPSA) is 58.6 Å². The van der Waals surface area contributed by atoms with Crippen LogP contribution in [0, 0.1) is 5.82 Å². The average Bonchev–Trinajstić information content (AvgIpc) is 2.78. The summed E-state index contributed by atoms with van der Waals surface area (Å²) < 4.78 is 18.2. The molecule has 0 radical (unpaired) electrons. The number of rotatable bonds is 8. The molecule has 0 spiro atoms.